The van der Waals surface area contributed by atoms with Crippen LogP contribution in [0.4, 0.5) is 5.69 Å². The Bertz CT molecular complexity index is 760. The molecule has 1 aliphatic heterocycles. The van der Waals surface area contributed by atoms with Crippen molar-refractivity contribution in [3.63, 3.8) is 0 Å². The molecular formula is C21H25N3O2. The molecule has 3 aromatic rings. The van der Waals surface area contributed by atoms with Gasteiger partial charge in [0.05, 0.1) is 19.1 Å². The predicted octanol–water partition coefficient (Wildman–Crippen LogP) is 4.16. The molecular weight excluding hydrogens is 326 g/mol. The van der Waals surface area contributed by atoms with Crippen LogP contribution < -0.4 is 9.64 Å². The van der Waals surface area contributed by atoms with Crippen LogP contribution in [0.1, 0.15) is 25.0 Å². The smallest absolute Gasteiger partial charge is 0.119 e. The molecule has 26 heavy (non-hydrogen) atoms. The molecule has 0 radical (unpaired) electrons. The molecule has 5 heteroatoms. The van der Waals surface area contributed by atoms with E-state index in [9.17, 15) is 0 Å². The van der Waals surface area contributed by atoms with Crippen LogP contribution in [0.3, 0.4) is 0 Å². The first-order valence-corrected chi connectivity index (χ1v) is 9.36. The monoisotopic (exact) mass is 351 g/mol. The number of benzene rings is 1. The first-order chi connectivity index (χ1) is 12.9. The standard InChI is InChI=1S/C21H25N3O2/c1-2-13-24(12-1)18-5-7-20(8-6-18)26-21(16-23-14-11-22-17-23)10-9-19-4-3-15-25-19/h3-8,11,14-15,17,21H,1-2,9-10,12-13,16H2. The van der Waals surface area contributed by atoms with E-state index in [2.05, 4.69) is 38.7 Å². The summed E-state index contributed by atoms with van der Waals surface area (Å²) in [7, 11) is 0. The summed E-state index contributed by atoms with van der Waals surface area (Å²) in [6, 6.07) is 12.4. The first kappa shape index (κ1) is 16.8. The van der Waals surface area contributed by atoms with Crippen LogP contribution in [0.25, 0.3) is 0 Å². The van der Waals surface area contributed by atoms with Crippen molar-refractivity contribution in [2.24, 2.45) is 0 Å². The molecule has 0 saturated carbocycles. The number of rotatable bonds is 8. The number of aryl methyl sites for hydroxylation is 1. The number of nitrogens with zero attached hydrogens (tertiary/aromatic N) is 3. The van der Waals surface area contributed by atoms with E-state index in [0.29, 0.717) is 0 Å². The van der Waals surface area contributed by atoms with Crippen LogP contribution in [-0.2, 0) is 13.0 Å². The normalized spacial score (nSPS) is 15.3. The number of ether oxygens (including phenoxy) is 1. The van der Waals surface area contributed by atoms with Gasteiger partial charge < -0.3 is 18.6 Å². The van der Waals surface area contributed by atoms with Gasteiger partial charge in [-0.05, 0) is 55.7 Å². The lowest BCUT2D eigenvalue weighted by Gasteiger charge is -2.21. The number of hydrogen-bond donors (Lipinski definition) is 0. The van der Waals surface area contributed by atoms with Gasteiger partial charge in [-0.3, -0.25) is 0 Å². The van der Waals surface area contributed by atoms with Gasteiger partial charge in [0.15, 0.2) is 0 Å². The molecule has 0 aliphatic carbocycles. The highest BCUT2D eigenvalue weighted by molar-refractivity contribution is 5.49. The van der Waals surface area contributed by atoms with Gasteiger partial charge in [0.25, 0.3) is 0 Å². The van der Waals surface area contributed by atoms with Crippen molar-refractivity contribution in [1.29, 1.82) is 0 Å². The van der Waals surface area contributed by atoms with Crippen molar-refractivity contribution in [3.05, 3.63) is 67.1 Å². The van der Waals surface area contributed by atoms with Crippen LogP contribution in [-0.4, -0.2) is 28.7 Å². The van der Waals surface area contributed by atoms with Gasteiger partial charge in [0.2, 0.25) is 0 Å². The van der Waals surface area contributed by atoms with E-state index >= 15 is 0 Å². The van der Waals surface area contributed by atoms with Crippen LogP contribution >= 0.6 is 0 Å². The lowest BCUT2D eigenvalue weighted by molar-refractivity contribution is 0.168. The SMILES string of the molecule is c1coc(CCC(Cn2ccnc2)Oc2ccc(N3CCCC3)cc2)c1. The summed E-state index contributed by atoms with van der Waals surface area (Å²) in [5, 5.41) is 0. The van der Waals surface area contributed by atoms with Gasteiger partial charge in [0.1, 0.15) is 17.6 Å². The van der Waals surface area contributed by atoms with Crippen molar-refractivity contribution < 1.29 is 9.15 Å². The summed E-state index contributed by atoms with van der Waals surface area (Å²) in [4.78, 5) is 6.57. The molecule has 3 heterocycles. The topological polar surface area (TPSA) is 43.4 Å². The molecule has 4 rings (SSSR count). The Kier molecular flexibility index (Phi) is 5.24. The highest BCUT2D eigenvalue weighted by atomic mass is 16.5. The molecule has 1 atom stereocenters. The van der Waals surface area contributed by atoms with Crippen LogP contribution in [0.5, 0.6) is 5.75 Å². The molecule has 1 fully saturated rings. The van der Waals surface area contributed by atoms with Gasteiger partial charge in [-0.15, -0.1) is 0 Å². The second-order valence-corrected chi connectivity index (χ2v) is 6.81. The lowest BCUT2D eigenvalue weighted by Crippen LogP contribution is -2.23. The molecule has 1 saturated heterocycles. The summed E-state index contributed by atoms with van der Waals surface area (Å²) in [5.74, 6) is 1.91. The van der Waals surface area contributed by atoms with Gasteiger partial charge in [0, 0.05) is 37.6 Å². The lowest BCUT2D eigenvalue weighted by atomic mass is 10.1. The fourth-order valence-corrected chi connectivity index (χ4v) is 3.48. The fourth-order valence-electron chi connectivity index (χ4n) is 3.48. The third-order valence-electron chi connectivity index (χ3n) is 4.88. The summed E-state index contributed by atoms with van der Waals surface area (Å²) in [5.41, 5.74) is 1.29. The van der Waals surface area contributed by atoms with E-state index in [1.165, 1.54) is 18.5 Å². The average Bonchev–Trinajstić information content (AvgIpc) is 3.43. The Hall–Kier alpha value is -2.69. The third-order valence-corrected chi connectivity index (χ3v) is 4.88. The second kappa shape index (κ2) is 8.13. The van der Waals surface area contributed by atoms with Crippen molar-refractivity contribution in [3.8, 4) is 5.75 Å². The number of imidazole rings is 1. The van der Waals surface area contributed by atoms with Gasteiger partial charge in [-0.2, -0.15) is 0 Å². The minimum Gasteiger partial charge on any atom is -0.489 e. The van der Waals surface area contributed by atoms with Crippen LogP contribution in [0.2, 0.25) is 0 Å². The Morgan fingerprint density at radius 3 is 2.65 bits per heavy atom. The van der Waals surface area contributed by atoms with E-state index < -0.39 is 0 Å². The molecule has 0 N–H and O–H groups in total. The Morgan fingerprint density at radius 1 is 1.12 bits per heavy atom. The van der Waals surface area contributed by atoms with Gasteiger partial charge in [-0.1, -0.05) is 0 Å². The molecule has 136 valence electrons. The second-order valence-electron chi connectivity index (χ2n) is 6.81. The third kappa shape index (κ3) is 4.28. The van der Waals surface area contributed by atoms with E-state index in [4.69, 9.17) is 9.15 Å². The van der Waals surface area contributed by atoms with E-state index in [1.807, 2.05) is 24.7 Å². The molecule has 2 aromatic heterocycles. The Morgan fingerprint density at radius 2 is 1.96 bits per heavy atom. The fraction of sp³-hybridized carbons (Fsp3) is 0.381. The zero-order valence-corrected chi connectivity index (χ0v) is 15.0. The predicted molar refractivity (Wildman–Crippen MR) is 102 cm³/mol. The highest BCUT2D eigenvalue weighted by Gasteiger charge is 2.15. The number of anilines is 1. The molecule has 0 bridgehead atoms. The maximum absolute atomic E-state index is 6.29. The average molecular weight is 351 g/mol. The Labute approximate surface area is 154 Å². The van der Waals surface area contributed by atoms with Gasteiger partial charge in [-0.25, -0.2) is 4.98 Å². The summed E-state index contributed by atoms with van der Waals surface area (Å²) in [6.45, 7) is 3.09. The van der Waals surface area contributed by atoms with E-state index in [1.54, 1.807) is 12.5 Å². The number of hydrogen-bond acceptors (Lipinski definition) is 4. The Balaban J connectivity index is 1.40. The summed E-state index contributed by atoms with van der Waals surface area (Å²) >= 11 is 0. The number of aromatic nitrogens is 2. The maximum atomic E-state index is 6.29. The minimum absolute atomic E-state index is 0.0620. The molecule has 1 unspecified atom stereocenters. The van der Waals surface area contributed by atoms with Gasteiger partial charge >= 0.3 is 0 Å². The maximum Gasteiger partial charge on any atom is 0.119 e. The molecule has 0 amide bonds. The quantitative estimate of drug-likeness (QED) is 0.611. The number of furan rings is 1. The van der Waals surface area contributed by atoms with E-state index in [-0.39, 0.29) is 6.10 Å². The molecule has 1 aliphatic rings. The molecule has 0 spiro atoms. The zero-order valence-electron chi connectivity index (χ0n) is 15.0. The van der Waals surface area contributed by atoms with Crippen molar-refractivity contribution in [2.75, 3.05) is 18.0 Å². The van der Waals surface area contributed by atoms with Crippen molar-refractivity contribution in [1.82, 2.24) is 9.55 Å². The van der Waals surface area contributed by atoms with Crippen molar-refractivity contribution in [2.45, 2.75) is 38.3 Å². The molecule has 1 aromatic carbocycles. The van der Waals surface area contributed by atoms with Crippen LogP contribution in [0, 0.1) is 0 Å². The summed E-state index contributed by atoms with van der Waals surface area (Å²) < 4.78 is 13.8. The van der Waals surface area contributed by atoms with E-state index in [0.717, 1.165) is 44.0 Å². The zero-order chi connectivity index (χ0) is 17.6. The molecule has 5 nitrogen and oxygen atoms in total. The largest absolute Gasteiger partial charge is 0.489 e. The highest BCUT2D eigenvalue weighted by Crippen LogP contribution is 2.24. The van der Waals surface area contributed by atoms with Crippen LogP contribution in [0.15, 0.2) is 65.8 Å². The van der Waals surface area contributed by atoms with Crippen molar-refractivity contribution >= 4 is 5.69 Å². The summed E-state index contributed by atoms with van der Waals surface area (Å²) in [6.07, 6.45) is 11.7. The minimum atomic E-state index is 0.0620. The first-order valence-electron chi connectivity index (χ1n) is 9.36.